The number of nitrogens with one attached hydrogen (secondary N) is 2. The summed E-state index contributed by atoms with van der Waals surface area (Å²) in [5.74, 6) is -0.587. The van der Waals surface area contributed by atoms with Gasteiger partial charge in [-0.2, -0.15) is 9.49 Å². The Hall–Kier alpha value is -4.37. The highest BCUT2D eigenvalue weighted by Crippen LogP contribution is 2.32. The van der Waals surface area contributed by atoms with E-state index < -0.39 is 11.0 Å². The van der Waals surface area contributed by atoms with Crippen molar-refractivity contribution >= 4 is 39.6 Å². The molecular formula is C28H24FN5O2S. The number of halogens is 1. The molecule has 0 aliphatic heterocycles. The maximum Gasteiger partial charge on any atom is 0.265 e. The summed E-state index contributed by atoms with van der Waals surface area (Å²) in [6.07, 6.45) is 7.30. The fraction of sp³-hybridized carbons (Fsp3) is 0.143. The van der Waals surface area contributed by atoms with E-state index in [0.717, 1.165) is 27.7 Å². The molecule has 5 aromatic rings. The van der Waals surface area contributed by atoms with E-state index in [1.807, 2.05) is 43.3 Å². The van der Waals surface area contributed by atoms with Crippen molar-refractivity contribution in [3.63, 3.8) is 0 Å². The van der Waals surface area contributed by atoms with Crippen LogP contribution in [0.5, 0.6) is 0 Å². The van der Waals surface area contributed by atoms with Gasteiger partial charge in [-0.15, -0.1) is 11.3 Å². The molecular weight excluding hydrogens is 489 g/mol. The quantitative estimate of drug-likeness (QED) is 0.281. The van der Waals surface area contributed by atoms with Crippen molar-refractivity contribution in [3.05, 3.63) is 101 Å². The third-order valence-electron chi connectivity index (χ3n) is 6.09. The zero-order valence-corrected chi connectivity index (χ0v) is 21.1. The number of amides is 2. The molecule has 0 radical (unpaired) electrons. The summed E-state index contributed by atoms with van der Waals surface area (Å²) in [6, 6.07) is 16.0. The van der Waals surface area contributed by atoms with Gasteiger partial charge >= 0.3 is 0 Å². The number of hydrogen-bond donors (Lipinski definition) is 2. The van der Waals surface area contributed by atoms with Crippen molar-refractivity contribution in [1.82, 2.24) is 20.1 Å². The first-order valence-corrected chi connectivity index (χ1v) is 12.6. The van der Waals surface area contributed by atoms with E-state index in [1.54, 1.807) is 48.5 Å². The highest BCUT2D eigenvalue weighted by molar-refractivity contribution is 7.13. The minimum absolute atomic E-state index is 0.188. The number of aromatic nitrogens is 3. The average Bonchev–Trinajstić information content (AvgIpc) is 3.51. The minimum atomic E-state index is -0.448. The lowest BCUT2D eigenvalue weighted by Crippen LogP contribution is -2.28. The molecule has 0 aliphatic rings. The molecule has 3 heterocycles. The summed E-state index contributed by atoms with van der Waals surface area (Å²) in [5, 5.41) is 11.3. The molecule has 5 rings (SSSR count). The van der Waals surface area contributed by atoms with Gasteiger partial charge in [0.05, 0.1) is 22.8 Å². The fourth-order valence-electron chi connectivity index (χ4n) is 4.17. The Morgan fingerprint density at radius 2 is 1.92 bits per heavy atom. The van der Waals surface area contributed by atoms with Gasteiger partial charge in [-0.1, -0.05) is 31.2 Å². The van der Waals surface area contributed by atoms with Crippen LogP contribution >= 0.6 is 11.3 Å². The van der Waals surface area contributed by atoms with E-state index in [1.165, 1.54) is 6.20 Å². The molecule has 2 N–H and O–H groups in total. The molecule has 0 saturated heterocycles. The molecule has 1 atom stereocenters. The van der Waals surface area contributed by atoms with Crippen molar-refractivity contribution in [3.8, 4) is 11.1 Å². The van der Waals surface area contributed by atoms with Gasteiger partial charge in [-0.25, -0.2) is 0 Å². The first kappa shape index (κ1) is 24.3. The second-order valence-corrected chi connectivity index (χ2v) is 9.65. The summed E-state index contributed by atoms with van der Waals surface area (Å²) in [4.78, 5) is 30.0. The smallest absolute Gasteiger partial charge is 0.265 e. The van der Waals surface area contributed by atoms with Crippen molar-refractivity contribution < 1.29 is 14.0 Å². The summed E-state index contributed by atoms with van der Waals surface area (Å²) < 4.78 is 16.5. The van der Waals surface area contributed by atoms with Gasteiger partial charge in [-0.3, -0.25) is 19.3 Å². The second kappa shape index (κ2) is 10.3. The van der Waals surface area contributed by atoms with Crippen LogP contribution in [0, 0.1) is 5.13 Å². The van der Waals surface area contributed by atoms with Crippen molar-refractivity contribution in [2.24, 2.45) is 7.05 Å². The number of benzene rings is 2. The normalized spacial score (nSPS) is 11.9. The Morgan fingerprint density at radius 3 is 2.70 bits per heavy atom. The van der Waals surface area contributed by atoms with Gasteiger partial charge in [0.2, 0.25) is 0 Å². The first-order chi connectivity index (χ1) is 17.9. The van der Waals surface area contributed by atoms with Crippen LogP contribution in [0.2, 0.25) is 0 Å². The Morgan fingerprint density at radius 1 is 1.05 bits per heavy atom. The number of fused-ring (bicyclic) bond motifs is 1. The van der Waals surface area contributed by atoms with Crippen LogP contribution in [-0.2, 0) is 7.05 Å². The van der Waals surface area contributed by atoms with E-state index in [9.17, 15) is 14.0 Å². The molecule has 1 unspecified atom stereocenters. The van der Waals surface area contributed by atoms with Crippen LogP contribution in [0.1, 0.15) is 45.0 Å². The lowest BCUT2D eigenvalue weighted by molar-refractivity contribution is 0.0935. The van der Waals surface area contributed by atoms with Gasteiger partial charge in [0.1, 0.15) is 0 Å². The van der Waals surface area contributed by atoms with E-state index in [-0.39, 0.29) is 16.8 Å². The Bertz CT molecular complexity index is 1610. The van der Waals surface area contributed by atoms with E-state index in [2.05, 4.69) is 20.7 Å². The number of thiophene rings is 1. The van der Waals surface area contributed by atoms with Gasteiger partial charge in [-0.05, 0) is 53.3 Å². The van der Waals surface area contributed by atoms with Gasteiger partial charge in [0.25, 0.3) is 11.8 Å². The second-order valence-electron chi connectivity index (χ2n) is 8.65. The summed E-state index contributed by atoms with van der Waals surface area (Å²) in [5.41, 5.74) is 2.92. The van der Waals surface area contributed by atoms with Crippen LogP contribution in [-0.4, -0.2) is 26.6 Å². The maximum atomic E-state index is 14.9. The highest BCUT2D eigenvalue weighted by atomic mass is 32.1. The number of nitrogens with zero attached hydrogens (tertiary/aromatic N) is 3. The maximum absolute atomic E-state index is 14.9. The molecule has 0 spiro atoms. The molecule has 0 saturated carbocycles. The monoisotopic (exact) mass is 513 g/mol. The Kier molecular flexibility index (Phi) is 6.78. The molecule has 3 aromatic heterocycles. The molecule has 0 fully saturated rings. The van der Waals surface area contributed by atoms with Gasteiger partial charge in [0, 0.05) is 42.2 Å². The summed E-state index contributed by atoms with van der Waals surface area (Å²) >= 11 is 0.792. The number of rotatable bonds is 7. The highest BCUT2D eigenvalue weighted by Gasteiger charge is 2.19. The standard InChI is InChI=1S/C28H24FN5O2S/c1-3-24(33-27(35)20-7-8-21-14-30-10-9-17(21)11-20)19-6-4-5-18(12-19)23-13-25(37-26(23)29)28(36)32-22-15-31-34(2)16-22/h4-16,24H,3H2,1-2H3,(H,32,36)(H,33,35). The van der Waals surface area contributed by atoms with Crippen LogP contribution in [0.4, 0.5) is 10.1 Å². The van der Waals surface area contributed by atoms with Crippen LogP contribution in [0.3, 0.4) is 0 Å². The van der Waals surface area contributed by atoms with Crippen molar-refractivity contribution in [2.45, 2.75) is 19.4 Å². The zero-order valence-electron chi connectivity index (χ0n) is 20.2. The SMILES string of the molecule is CCC(NC(=O)c1ccc2cnccc2c1)c1cccc(-c2cc(C(=O)Nc3cnn(C)c3)sc2F)c1. The largest absolute Gasteiger partial charge is 0.345 e. The van der Waals surface area contributed by atoms with Crippen molar-refractivity contribution in [2.75, 3.05) is 5.32 Å². The molecule has 2 amide bonds. The molecule has 7 nitrogen and oxygen atoms in total. The molecule has 37 heavy (non-hydrogen) atoms. The summed E-state index contributed by atoms with van der Waals surface area (Å²) in [6.45, 7) is 1.98. The fourth-order valence-corrected chi connectivity index (χ4v) is 4.97. The Labute approximate surface area is 217 Å². The van der Waals surface area contributed by atoms with Crippen LogP contribution in [0.15, 0.2) is 79.4 Å². The number of aryl methyl sites for hydroxylation is 1. The Balaban J connectivity index is 1.35. The van der Waals surface area contributed by atoms with E-state index >= 15 is 0 Å². The predicted octanol–water partition coefficient (Wildman–Crippen LogP) is 5.97. The molecule has 0 aliphatic carbocycles. The number of hydrogen-bond acceptors (Lipinski definition) is 5. The number of carbonyl (C=O) groups is 2. The third-order valence-corrected chi connectivity index (χ3v) is 7.01. The lowest BCUT2D eigenvalue weighted by atomic mass is 9.98. The third kappa shape index (κ3) is 5.26. The van der Waals surface area contributed by atoms with Crippen LogP contribution < -0.4 is 10.6 Å². The topological polar surface area (TPSA) is 88.9 Å². The molecule has 9 heteroatoms. The number of anilines is 1. The minimum Gasteiger partial charge on any atom is -0.345 e. The van der Waals surface area contributed by atoms with Crippen LogP contribution in [0.25, 0.3) is 21.9 Å². The molecule has 0 bridgehead atoms. The summed E-state index contributed by atoms with van der Waals surface area (Å²) in [7, 11) is 1.75. The van der Waals surface area contributed by atoms with Crippen molar-refractivity contribution in [1.29, 1.82) is 0 Å². The van der Waals surface area contributed by atoms with Gasteiger partial charge < -0.3 is 10.6 Å². The number of carbonyl (C=O) groups excluding carboxylic acids is 2. The lowest BCUT2D eigenvalue weighted by Gasteiger charge is -2.18. The zero-order chi connectivity index (χ0) is 25.9. The van der Waals surface area contributed by atoms with E-state index in [0.29, 0.717) is 28.8 Å². The first-order valence-electron chi connectivity index (χ1n) is 11.8. The van der Waals surface area contributed by atoms with Gasteiger partial charge in [0.15, 0.2) is 5.13 Å². The average molecular weight is 514 g/mol. The number of pyridine rings is 1. The predicted molar refractivity (Wildman–Crippen MR) is 143 cm³/mol. The molecule has 2 aromatic carbocycles. The molecule has 186 valence electrons. The van der Waals surface area contributed by atoms with E-state index in [4.69, 9.17) is 0 Å².